The second kappa shape index (κ2) is 5.46. The summed E-state index contributed by atoms with van der Waals surface area (Å²) in [6.45, 7) is 1.85. The second-order valence-corrected chi connectivity index (χ2v) is 4.50. The monoisotopic (exact) mass is 242 g/mol. The third kappa shape index (κ3) is 2.95. The van der Waals surface area contributed by atoms with Gasteiger partial charge in [-0.3, -0.25) is 9.59 Å². The molecule has 0 radical (unpaired) electrons. The number of piperidine rings is 1. The highest BCUT2D eigenvalue weighted by atomic mass is 16.5. The number of carbonyl (C=O) groups excluding carboxylic acids is 2. The van der Waals surface area contributed by atoms with Gasteiger partial charge in [-0.05, 0) is 6.42 Å². The van der Waals surface area contributed by atoms with Crippen molar-refractivity contribution in [2.75, 3.05) is 32.8 Å². The van der Waals surface area contributed by atoms with Gasteiger partial charge >= 0.3 is 0 Å². The Bertz CT molecular complexity index is 298. The van der Waals surface area contributed by atoms with E-state index in [1.54, 1.807) is 4.90 Å². The summed E-state index contributed by atoms with van der Waals surface area (Å²) < 4.78 is 5.30. The van der Waals surface area contributed by atoms with Crippen molar-refractivity contribution in [3.05, 3.63) is 0 Å². The van der Waals surface area contributed by atoms with Crippen LogP contribution in [0.25, 0.3) is 0 Å². The number of carbonyl (C=O) groups is 2. The average molecular weight is 242 g/mol. The highest BCUT2D eigenvalue weighted by Crippen LogP contribution is 2.16. The summed E-state index contributed by atoms with van der Waals surface area (Å²) in [4.78, 5) is 24.9. The summed E-state index contributed by atoms with van der Waals surface area (Å²) >= 11 is 0. The van der Waals surface area contributed by atoms with Crippen LogP contribution < -0.4 is 5.32 Å². The number of aliphatic hydroxyl groups is 1. The molecule has 0 aliphatic carbocycles. The molecule has 2 unspecified atom stereocenters. The van der Waals surface area contributed by atoms with E-state index in [-0.39, 0.29) is 30.4 Å². The lowest BCUT2D eigenvalue weighted by atomic mass is 9.97. The van der Waals surface area contributed by atoms with E-state index < -0.39 is 0 Å². The van der Waals surface area contributed by atoms with Crippen LogP contribution in [-0.2, 0) is 14.3 Å². The van der Waals surface area contributed by atoms with E-state index in [9.17, 15) is 9.59 Å². The molecule has 0 saturated carbocycles. The molecule has 2 saturated heterocycles. The van der Waals surface area contributed by atoms with Gasteiger partial charge in [0.05, 0.1) is 25.2 Å². The number of hydrogen-bond donors (Lipinski definition) is 2. The van der Waals surface area contributed by atoms with E-state index in [0.29, 0.717) is 39.1 Å². The van der Waals surface area contributed by atoms with Crippen LogP contribution in [-0.4, -0.2) is 60.8 Å². The van der Waals surface area contributed by atoms with Gasteiger partial charge in [-0.1, -0.05) is 0 Å². The standard InChI is InChI=1S/C11H18N2O4/c14-7-9-6-13(3-4-17-9)11(16)8-1-2-10(15)12-5-8/h8-9,14H,1-7H2,(H,12,15). The minimum absolute atomic E-state index is 0.0178. The molecule has 0 spiro atoms. The molecule has 0 aromatic heterocycles. The zero-order chi connectivity index (χ0) is 12.3. The number of aliphatic hydroxyl groups excluding tert-OH is 1. The molecular weight excluding hydrogens is 224 g/mol. The number of hydrogen-bond acceptors (Lipinski definition) is 4. The number of nitrogens with zero attached hydrogens (tertiary/aromatic N) is 1. The SMILES string of the molecule is O=C1CCC(C(=O)N2CCOC(CO)C2)CN1. The lowest BCUT2D eigenvalue weighted by Gasteiger charge is -2.35. The fourth-order valence-electron chi connectivity index (χ4n) is 2.23. The van der Waals surface area contributed by atoms with Crippen LogP contribution in [0, 0.1) is 5.92 Å². The van der Waals surface area contributed by atoms with Crippen molar-refractivity contribution in [3.8, 4) is 0 Å². The van der Waals surface area contributed by atoms with E-state index in [1.807, 2.05) is 0 Å². The molecule has 2 heterocycles. The van der Waals surface area contributed by atoms with Crippen molar-refractivity contribution in [1.82, 2.24) is 10.2 Å². The van der Waals surface area contributed by atoms with Gasteiger partial charge in [0.15, 0.2) is 0 Å². The normalized spacial score (nSPS) is 29.9. The number of amides is 2. The summed E-state index contributed by atoms with van der Waals surface area (Å²) in [7, 11) is 0. The molecule has 0 bridgehead atoms. The van der Waals surface area contributed by atoms with Crippen LogP contribution in [0.2, 0.25) is 0 Å². The van der Waals surface area contributed by atoms with Gasteiger partial charge in [0.25, 0.3) is 0 Å². The van der Waals surface area contributed by atoms with E-state index in [1.165, 1.54) is 0 Å². The fourth-order valence-corrected chi connectivity index (χ4v) is 2.23. The zero-order valence-electron chi connectivity index (χ0n) is 9.72. The predicted octanol–water partition coefficient (Wildman–Crippen LogP) is -1.27. The molecule has 2 atom stereocenters. The van der Waals surface area contributed by atoms with Crippen LogP contribution >= 0.6 is 0 Å². The summed E-state index contributed by atoms with van der Waals surface area (Å²) in [5.74, 6) is -0.0406. The number of nitrogens with one attached hydrogen (secondary N) is 1. The molecule has 96 valence electrons. The number of morpholine rings is 1. The van der Waals surface area contributed by atoms with Crippen molar-refractivity contribution in [2.45, 2.75) is 18.9 Å². The Morgan fingerprint density at radius 2 is 2.41 bits per heavy atom. The second-order valence-electron chi connectivity index (χ2n) is 4.50. The summed E-state index contributed by atoms with van der Waals surface area (Å²) in [6, 6.07) is 0. The third-order valence-electron chi connectivity index (χ3n) is 3.27. The van der Waals surface area contributed by atoms with Gasteiger partial charge in [-0.25, -0.2) is 0 Å². The lowest BCUT2D eigenvalue weighted by molar-refractivity contribution is -0.145. The van der Waals surface area contributed by atoms with Crippen LogP contribution in [0.4, 0.5) is 0 Å². The van der Waals surface area contributed by atoms with Gasteiger partial charge < -0.3 is 20.1 Å². The van der Waals surface area contributed by atoms with Gasteiger partial charge in [-0.2, -0.15) is 0 Å². The minimum Gasteiger partial charge on any atom is -0.394 e. The van der Waals surface area contributed by atoms with Crippen molar-refractivity contribution >= 4 is 11.8 Å². The molecule has 17 heavy (non-hydrogen) atoms. The Kier molecular flexibility index (Phi) is 3.96. The molecule has 0 aromatic rings. The highest BCUT2D eigenvalue weighted by molar-refractivity contribution is 5.83. The zero-order valence-corrected chi connectivity index (χ0v) is 9.72. The van der Waals surface area contributed by atoms with Gasteiger partial charge in [-0.15, -0.1) is 0 Å². The van der Waals surface area contributed by atoms with Gasteiger partial charge in [0.1, 0.15) is 0 Å². The van der Waals surface area contributed by atoms with Crippen molar-refractivity contribution in [1.29, 1.82) is 0 Å². The average Bonchev–Trinajstić information content (AvgIpc) is 2.39. The van der Waals surface area contributed by atoms with Gasteiger partial charge in [0.2, 0.25) is 11.8 Å². The molecule has 2 fully saturated rings. The molecule has 2 aliphatic rings. The highest BCUT2D eigenvalue weighted by Gasteiger charge is 2.31. The van der Waals surface area contributed by atoms with Crippen molar-refractivity contribution < 1.29 is 19.4 Å². The van der Waals surface area contributed by atoms with E-state index in [0.717, 1.165) is 0 Å². The summed E-state index contributed by atoms with van der Waals surface area (Å²) in [6.07, 6.45) is 0.765. The van der Waals surface area contributed by atoms with Gasteiger partial charge in [0, 0.05) is 26.1 Å². The lowest BCUT2D eigenvalue weighted by Crippen LogP contribution is -2.51. The van der Waals surface area contributed by atoms with Crippen LogP contribution in [0.5, 0.6) is 0 Å². The predicted molar refractivity (Wildman–Crippen MR) is 59.1 cm³/mol. The largest absolute Gasteiger partial charge is 0.394 e. The smallest absolute Gasteiger partial charge is 0.227 e. The van der Waals surface area contributed by atoms with Crippen LogP contribution in [0.1, 0.15) is 12.8 Å². The Labute approximate surface area is 99.9 Å². The quantitative estimate of drug-likeness (QED) is 0.633. The first-order valence-corrected chi connectivity index (χ1v) is 5.98. The van der Waals surface area contributed by atoms with E-state index >= 15 is 0 Å². The third-order valence-corrected chi connectivity index (χ3v) is 3.27. The summed E-state index contributed by atoms with van der Waals surface area (Å²) in [5, 5.41) is 11.7. The van der Waals surface area contributed by atoms with Crippen LogP contribution in [0.3, 0.4) is 0 Å². The first-order chi connectivity index (χ1) is 8.20. The minimum atomic E-state index is -0.272. The Hall–Kier alpha value is -1.14. The number of ether oxygens (including phenoxy) is 1. The molecular formula is C11H18N2O4. The Morgan fingerprint density at radius 1 is 1.59 bits per heavy atom. The number of rotatable bonds is 2. The maximum Gasteiger partial charge on any atom is 0.227 e. The maximum atomic E-state index is 12.2. The van der Waals surface area contributed by atoms with E-state index in [4.69, 9.17) is 9.84 Å². The van der Waals surface area contributed by atoms with Crippen LogP contribution in [0.15, 0.2) is 0 Å². The molecule has 2 N–H and O–H groups in total. The molecule has 2 rings (SSSR count). The Balaban J connectivity index is 1.88. The van der Waals surface area contributed by atoms with Crippen molar-refractivity contribution in [3.63, 3.8) is 0 Å². The summed E-state index contributed by atoms with van der Waals surface area (Å²) in [5.41, 5.74) is 0. The fraction of sp³-hybridized carbons (Fsp3) is 0.818. The molecule has 6 heteroatoms. The molecule has 2 aliphatic heterocycles. The first-order valence-electron chi connectivity index (χ1n) is 5.98. The molecule has 6 nitrogen and oxygen atoms in total. The Morgan fingerprint density at radius 3 is 3.06 bits per heavy atom. The first kappa shape index (κ1) is 12.3. The molecule has 2 amide bonds. The van der Waals surface area contributed by atoms with Crippen molar-refractivity contribution in [2.24, 2.45) is 5.92 Å². The van der Waals surface area contributed by atoms with E-state index in [2.05, 4.69) is 5.32 Å². The molecule has 0 aromatic carbocycles. The maximum absolute atomic E-state index is 12.2. The topological polar surface area (TPSA) is 78.9 Å².